The van der Waals surface area contributed by atoms with Gasteiger partial charge in [-0.3, -0.25) is 0 Å². The molecular weight excluding hydrogens is 260 g/mol. The second-order valence-electron chi connectivity index (χ2n) is 6.66. The lowest BCUT2D eigenvalue weighted by Gasteiger charge is -2.32. The molecule has 1 N–H and O–H groups in total. The summed E-state index contributed by atoms with van der Waals surface area (Å²) in [6.45, 7) is 3.68. The van der Waals surface area contributed by atoms with Gasteiger partial charge in [0.05, 0.1) is 7.11 Å². The first kappa shape index (κ1) is 14.9. The molecule has 1 saturated heterocycles. The van der Waals surface area contributed by atoms with Gasteiger partial charge in [-0.2, -0.15) is 0 Å². The predicted octanol–water partition coefficient (Wildman–Crippen LogP) is 3.00. The fraction of sp³-hybridized carbons (Fsp3) is 0.667. The van der Waals surface area contributed by atoms with Crippen molar-refractivity contribution in [2.75, 3.05) is 33.8 Å². The van der Waals surface area contributed by atoms with Gasteiger partial charge in [0.25, 0.3) is 0 Å². The molecule has 1 aromatic carbocycles. The number of aryl methyl sites for hydroxylation is 1. The van der Waals surface area contributed by atoms with Crippen LogP contribution < -0.4 is 10.1 Å². The molecule has 1 heterocycles. The molecule has 1 aliphatic heterocycles. The number of ether oxygens (including phenoxy) is 1. The van der Waals surface area contributed by atoms with Gasteiger partial charge >= 0.3 is 0 Å². The molecule has 1 unspecified atom stereocenters. The lowest BCUT2D eigenvalue weighted by molar-refractivity contribution is 0.211. The molecule has 0 amide bonds. The van der Waals surface area contributed by atoms with Gasteiger partial charge < -0.3 is 15.0 Å². The van der Waals surface area contributed by atoms with Crippen LogP contribution in [0.15, 0.2) is 18.2 Å². The SMILES string of the molecule is COc1ccc2c(c1)CCCC2NCC1CCN(C)CC1. The molecule has 3 nitrogen and oxygen atoms in total. The third-order valence-corrected chi connectivity index (χ3v) is 5.16. The van der Waals surface area contributed by atoms with E-state index in [-0.39, 0.29) is 0 Å². The predicted molar refractivity (Wildman–Crippen MR) is 86.9 cm³/mol. The molecule has 1 aliphatic carbocycles. The molecule has 0 spiro atoms. The minimum atomic E-state index is 0.541. The first-order valence-corrected chi connectivity index (χ1v) is 8.35. The maximum atomic E-state index is 5.36. The lowest BCUT2D eigenvalue weighted by Crippen LogP contribution is -2.36. The Morgan fingerprint density at radius 1 is 1.24 bits per heavy atom. The number of hydrogen-bond acceptors (Lipinski definition) is 3. The third-order valence-electron chi connectivity index (χ3n) is 5.16. The fourth-order valence-corrected chi connectivity index (χ4v) is 3.70. The van der Waals surface area contributed by atoms with Crippen molar-refractivity contribution in [2.24, 2.45) is 5.92 Å². The van der Waals surface area contributed by atoms with E-state index >= 15 is 0 Å². The van der Waals surface area contributed by atoms with Crippen molar-refractivity contribution in [2.45, 2.75) is 38.1 Å². The number of methoxy groups -OCH3 is 1. The summed E-state index contributed by atoms with van der Waals surface area (Å²) in [6, 6.07) is 7.13. The number of rotatable bonds is 4. The summed E-state index contributed by atoms with van der Waals surface area (Å²) in [6.07, 6.45) is 6.42. The highest BCUT2D eigenvalue weighted by molar-refractivity contribution is 5.39. The first-order valence-electron chi connectivity index (χ1n) is 8.35. The number of likely N-dealkylation sites (tertiary alicyclic amines) is 1. The summed E-state index contributed by atoms with van der Waals surface area (Å²) in [4.78, 5) is 2.44. The van der Waals surface area contributed by atoms with Gasteiger partial charge in [0, 0.05) is 6.04 Å². The van der Waals surface area contributed by atoms with Gasteiger partial charge in [0.15, 0.2) is 0 Å². The van der Waals surface area contributed by atoms with E-state index in [4.69, 9.17) is 4.74 Å². The highest BCUT2D eigenvalue weighted by Crippen LogP contribution is 2.32. The van der Waals surface area contributed by atoms with Crippen LogP contribution in [0.3, 0.4) is 0 Å². The smallest absolute Gasteiger partial charge is 0.119 e. The molecular formula is C18H28N2O. The molecule has 0 aromatic heterocycles. The van der Waals surface area contributed by atoms with Gasteiger partial charge in [-0.15, -0.1) is 0 Å². The summed E-state index contributed by atoms with van der Waals surface area (Å²) in [5.41, 5.74) is 2.97. The summed E-state index contributed by atoms with van der Waals surface area (Å²) >= 11 is 0. The molecule has 3 rings (SSSR count). The van der Waals surface area contributed by atoms with E-state index < -0.39 is 0 Å². The van der Waals surface area contributed by atoms with E-state index in [0.717, 1.165) is 11.7 Å². The number of nitrogens with one attached hydrogen (secondary N) is 1. The average molecular weight is 288 g/mol. The maximum absolute atomic E-state index is 5.36. The second kappa shape index (κ2) is 6.80. The molecule has 2 aliphatic rings. The normalized spacial score (nSPS) is 23.8. The molecule has 1 aromatic rings. The Balaban J connectivity index is 1.60. The minimum absolute atomic E-state index is 0.541. The van der Waals surface area contributed by atoms with Crippen molar-refractivity contribution in [3.05, 3.63) is 29.3 Å². The Labute approximate surface area is 128 Å². The van der Waals surface area contributed by atoms with Crippen molar-refractivity contribution in [3.8, 4) is 5.75 Å². The highest BCUT2D eigenvalue weighted by Gasteiger charge is 2.22. The van der Waals surface area contributed by atoms with E-state index in [9.17, 15) is 0 Å². The van der Waals surface area contributed by atoms with Crippen LogP contribution in [-0.2, 0) is 6.42 Å². The van der Waals surface area contributed by atoms with E-state index in [0.29, 0.717) is 6.04 Å². The van der Waals surface area contributed by atoms with Crippen LogP contribution >= 0.6 is 0 Å². The average Bonchev–Trinajstić information content (AvgIpc) is 2.53. The zero-order valence-corrected chi connectivity index (χ0v) is 13.4. The van der Waals surface area contributed by atoms with Gasteiger partial charge in [-0.05, 0) is 88.0 Å². The van der Waals surface area contributed by atoms with Crippen LogP contribution in [0.1, 0.15) is 42.9 Å². The monoisotopic (exact) mass is 288 g/mol. The highest BCUT2D eigenvalue weighted by atomic mass is 16.5. The summed E-state index contributed by atoms with van der Waals surface area (Å²) in [5, 5.41) is 3.84. The topological polar surface area (TPSA) is 24.5 Å². The Morgan fingerprint density at radius 2 is 2.05 bits per heavy atom. The van der Waals surface area contributed by atoms with Crippen molar-refractivity contribution >= 4 is 0 Å². The zero-order valence-electron chi connectivity index (χ0n) is 13.4. The number of hydrogen-bond donors (Lipinski definition) is 1. The maximum Gasteiger partial charge on any atom is 0.119 e. The summed E-state index contributed by atoms with van der Waals surface area (Å²) < 4.78 is 5.36. The van der Waals surface area contributed by atoms with Crippen LogP contribution in [0.4, 0.5) is 0 Å². The fourth-order valence-electron chi connectivity index (χ4n) is 3.70. The number of benzene rings is 1. The first-order chi connectivity index (χ1) is 10.3. The van der Waals surface area contributed by atoms with E-state index in [1.807, 2.05) is 0 Å². The summed E-state index contributed by atoms with van der Waals surface area (Å²) in [5.74, 6) is 1.84. The largest absolute Gasteiger partial charge is 0.497 e. The Morgan fingerprint density at radius 3 is 2.81 bits per heavy atom. The molecule has 21 heavy (non-hydrogen) atoms. The number of nitrogens with zero attached hydrogens (tertiary/aromatic N) is 1. The second-order valence-corrected chi connectivity index (χ2v) is 6.66. The van der Waals surface area contributed by atoms with E-state index in [1.165, 1.54) is 62.9 Å². The van der Waals surface area contributed by atoms with Gasteiger partial charge in [0.1, 0.15) is 5.75 Å². The molecule has 0 saturated carbocycles. The zero-order chi connectivity index (χ0) is 14.7. The Kier molecular flexibility index (Phi) is 4.81. The van der Waals surface area contributed by atoms with Crippen LogP contribution in [0.25, 0.3) is 0 Å². The van der Waals surface area contributed by atoms with Crippen LogP contribution in [0, 0.1) is 5.92 Å². The van der Waals surface area contributed by atoms with E-state index in [1.54, 1.807) is 7.11 Å². The Hall–Kier alpha value is -1.06. The van der Waals surface area contributed by atoms with Gasteiger partial charge in [-0.1, -0.05) is 6.07 Å². The molecule has 1 atom stereocenters. The Bertz CT molecular complexity index is 466. The molecule has 0 bridgehead atoms. The quantitative estimate of drug-likeness (QED) is 0.922. The van der Waals surface area contributed by atoms with Gasteiger partial charge in [0.2, 0.25) is 0 Å². The molecule has 3 heteroatoms. The van der Waals surface area contributed by atoms with E-state index in [2.05, 4.69) is 35.5 Å². The van der Waals surface area contributed by atoms with Crippen molar-refractivity contribution in [1.29, 1.82) is 0 Å². The summed E-state index contributed by atoms with van der Waals surface area (Å²) in [7, 11) is 3.98. The van der Waals surface area contributed by atoms with Crippen LogP contribution in [0.5, 0.6) is 5.75 Å². The third kappa shape index (κ3) is 3.58. The number of fused-ring (bicyclic) bond motifs is 1. The molecule has 0 radical (unpaired) electrons. The van der Waals surface area contributed by atoms with Gasteiger partial charge in [-0.25, -0.2) is 0 Å². The van der Waals surface area contributed by atoms with Crippen molar-refractivity contribution < 1.29 is 4.74 Å². The van der Waals surface area contributed by atoms with Crippen molar-refractivity contribution in [1.82, 2.24) is 10.2 Å². The van der Waals surface area contributed by atoms with Crippen LogP contribution in [-0.4, -0.2) is 38.7 Å². The van der Waals surface area contributed by atoms with Crippen molar-refractivity contribution in [3.63, 3.8) is 0 Å². The molecule has 116 valence electrons. The lowest BCUT2D eigenvalue weighted by atomic mass is 9.87. The minimum Gasteiger partial charge on any atom is -0.497 e. The molecule has 1 fully saturated rings. The standard InChI is InChI=1S/C18H28N2O/c1-20-10-8-14(9-11-20)13-19-18-5-3-4-15-12-16(21-2)6-7-17(15)18/h6-7,12,14,18-19H,3-5,8-11,13H2,1-2H3. The van der Waals surface area contributed by atoms with Crippen LogP contribution in [0.2, 0.25) is 0 Å². The number of piperidine rings is 1.